The molecule has 0 amide bonds. The van der Waals surface area contributed by atoms with Crippen LogP contribution in [0.5, 0.6) is 0 Å². The molecule has 1 aliphatic rings. The van der Waals surface area contributed by atoms with Crippen LogP contribution < -0.4 is 10.5 Å². The van der Waals surface area contributed by atoms with E-state index in [0.29, 0.717) is 9.72 Å². The van der Waals surface area contributed by atoms with Crippen molar-refractivity contribution in [1.29, 1.82) is 0 Å². The molecular formula is C9H12BrN3OS. The van der Waals surface area contributed by atoms with Crippen LogP contribution >= 0.6 is 27.7 Å². The van der Waals surface area contributed by atoms with Crippen LogP contribution in [0.1, 0.15) is 6.42 Å². The van der Waals surface area contributed by atoms with Gasteiger partial charge in [-0.05, 0) is 28.6 Å². The van der Waals surface area contributed by atoms with Crippen molar-refractivity contribution in [3.63, 3.8) is 0 Å². The van der Waals surface area contributed by atoms with Gasteiger partial charge >= 0.3 is 0 Å². The molecule has 0 bridgehead atoms. The number of hydrogen-bond acceptors (Lipinski definition) is 4. The highest BCUT2D eigenvalue weighted by Crippen LogP contribution is 2.27. The normalized spacial score (nSPS) is 20.9. The Kier molecular flexibility index (Phi) is 3.35. The SMILES string of the molecule is CSC1CCN(c2nc[nH]c(=O)c2Br)C1. The molecule has 1 aromatic rings. The third-order valence-corrected chi connectivity index (χ3v) is 4.32. The topological polar surface area (TPSA) is 49.0 Å². The lowest BCUT2D eigenvalue weighted by molar-refractivity contribution is 0.914. The van der Waals surface area contributed by atoms with E-state index >= 15 is 0 Å². The Labute approximate surface area is 101 Å². The molecule has 4 nitrogen and oxygen atoms in total. The van der Waals surface area contributed by atoms with Crippen LogP contribution in [0.2, 0.25) is 0 Å². The van der Waals surface area contributed by atoms with E-state index in [1.54, 1.807) is 0 Å². The first-order valence-electron chi connectivity index (χ1n) is 4.73. The summed E-state index contributed by atoms with van der Waals surface area (Å²) in [5, 5.41) is 0.651. The molecule has 0 aromatic carbocycles. The third kappa shape index (κ3) is 2.20. The van der Waals surface area contributed by atoms with E-state index in [1.165, 1.54) is 6.33 Å². The molecule has 15 heavy (non-hydrogen) atoms. The van der Waals surface area contributed by atoms with Crippen molar-refractivity contribution < 1.29 is 0 Å². The molecule has 1 aromatic heterocycles. The van der Waals surface area contributed by atoms with E-state index in [0.717, 1.165) is 25.3 Å². The second-order valence-corrected chi connectivity index (χ2v) is 5.39. The summed E-state index contributed by atoms with van der Waals surface area (Å²) >= 11 is 5.15. The Bertz CT molecular complexity index is 409. The van der Waals surface area contributed by atoms with Gasteiger partial charge in [-0.1, -0.05) is 0 Å². The highest BCUT2D eigenvalue weighted by molar-refractivity contribution is 9.10. The van der Waals surface area contributed by atoms with Crippen molar-refractivity contribution in [3.05, 3.63) is 21.2 Å². The number of H-pyrrole nitrogens is 1. The Hall–Kier alpha value is -0.490. The fourth-order valence-electron chi connectivity index (χ4n) is 1.71. The van der Waals surface area contributed by atoms with Gasteiger partial charge in [0.1, 0.15) is 10.3 Å². The van der Waals surface area contributed by atoms with Crippen LogP contribution in [0.25, 0.3) is 0 Å². The van der Waals surface area contributed by atoms with Gasteiger partial charge in [0.15, 0.2) is 0 Å². The van der Waals surface area contributed by atoms with Crippen LogP contribution in [0.3, 0.4) is 0 Å². The number of aromatic nitrogens is 2. The molecule has 1 N–H and O–H groups in total. The number of hydrogen-bond donors (Lipinski definition) is 1. The summed E-state index contributed by atoms with van der Waals surface area (Å²) in [6, 6.07) is 0. The average molecular weight is 290 g/mol. The maximum absolute atomic E-state index is 11.4. The summed E-state index contributed by atoms with van der Waals surface area (Å²) in [5.41, 5.74) is -0.118. The summed E-state index contributed by atoms with van der Waals surface area (Å²) in [6.45, 7) is 1.94. The zero-order chi connectivity index (χ0) is 10.8. The van der Waals surface area contributed by atoms with Gasteiger partial charge in [0.05, 0.1) is 6.33 Å². The maximum atomic E-state index is 11.4. The molecule has 1 aliphatic heterocycles. The molecule has 0 saturated carbocycles. The minimum atomic E-state index is -0.118. The fraction of sp³-hybridized carbons (Fsp3) is 0.556. The first kappa shape index (κ1) is 11.0. The van der Waals surface area contributed by atoms with Crippen molar-refractivity contribution in [3.8, 4) is 0 Å². The summed E-state index contributed by atoms with van der Waals surface area (Å²) in [5.74, 6) is 0.760. The van der Waals surface area contributed by atoms with Crippen molar-refractivity contribution in [2.45, 2.75) is 11.7 Å². The lowest BCUT2D eigenvalue weighted by atomic mass is 10.4. The number of nitrogens with zero attached hydrogens (tertiary/aromatic N) is 2. The van der Waals surface area contributed by atoms with E-state index in [1.807, 2.05) is 11.8 Å². The second-order valence-electron chi connectivity index (χ2n) is 3.46. The Morgan fingerprint density at radius 2 is 2.53 bits per heavy atom. The molecular weight excluding hydrogens is 278 g/mol. The fourth-order valence-corrected chi connectivity index (χ4v) is 2.84. The largest absolute Gasteiger partial charge is 0.354 e. The summed E-state index contributed by atoms with van der Waals surface area (Å²) < 4.78 is 0.534. The number of thioether (sulfide) groups is 1. The first-order valence-corrected chi connectivity index (χ1v) is 6.81. The quantitative estimate of drug-likeness (QED) is 0.896. The Morgan fingerprint density at radius 1 is 1.73 bits per heavy atom. The zero-order valence-electron chi connectivity index (χ0n) is 8.36. The molecule has 6 heteroatoms. The monoisotopic (exact) mass is 289 g/mol. The molecule has 1 atom stereocenters. The van der Waals surface area contributed by atoms with Gasteiger partial charge < -0.3 is 9.88 Å². The lowest BCUT2D eigenvalue weighted by Gasteiger charge is -2.17. The predicted octanol–water partition coefficient (Wildman–Crippen LogP) is 1.47. The van der Waals surface area contributed by atoms with Gasteiger partial charge in [0.25, 0.3) is 5.56 Å². The van der Waals surface area contributed by atoms with Crippen LogP contribution in [0.4, 0.5) is 5.82 Å². The number of rotatable bonds is 2. The van der Waals surface area contributed by atoms with E-state index < -0.39 is 0 Å². The van der Waals surface area contributed by atoms with E-state index in [9.17, 15) is 4.79 Å². The van der Waals surface area contributed by atoms with Crippen LogP contribution in [0.15, 0.2) is 15.6 Å². The van der Waals surface area contributed by atoms with E-state index in [4.69, 9.17) is 0 Å². The maximum Gasteiger partial charge on any atom is 0.267 e. The lowest BCUT2D eigenvalue weighted by Crippen LogP contribution is -2.24. The van der Waals surface area contributed by atoms with Crippen LogP contribution in [-0.2, 0) is 0 Å². The number of anilines is 1. The molecule has 0 spiro atoms. The zero-order valence-corrected chi connectivity index (χ0v) is 10.8. The molecule has 2 rings (SSSR count). The Morgan fingerprint density at radius 3 is 3.20 bits per heavy atom. The predicted molar refractivity (Wildman–Crippen MR) is 66.7 cm³/mol. The number of aromatic amines is 1. The second kappa shape index (κ2) is 4.57. The number of halogens is 1. The minimum Gasteiger partial charge on any atom is -0.354 e. The highest BCUT2D eigenvalue weighted by Gasteiger charge is 2.24. The highest BCUT2D eigenvalue weighted by atomic mass is 79.9. The smallest absolute Gasteiger partial charge is 0.267 e. The molecule has 1 fully saturated rings. The van der Waals surface area contributed by atoms with Crippen molar-refractivity contribution >= 4 is 33.5 Å². The van der Waals surface area contributed by atoms with Crippen LogP contribution in [-0.4, -0.2) is 34.6 Å². The van der Waals surface area contributed by atoms with Gasteiger partial charge in [0.2, 0.25) is 0 Å². The van der Waals surface area contributed by atoms with Gasteiger partial charge in [-0.25, -0.2) is 4.98 Å². The molecule has 1 saturated heterocycles. The Balaban J connectivity index is 2.24. The molecule has 82 valence electrons. The van der Waals surface area contributed by atoms with E-state index in [-0.39, 0.29) is 5.56 Å². The summed E-state index contributed by atoms with van der Waals surface area (Å²) in [7, 11) is 0. The van der Waals surface area contributed by atoms with Gasteiger partial charge in [0, 0.05) is 18.3 Å². The van der Waals surface area contributed by atoms with Gasteiger partial charge in [-0.15, -0.1) is 0 Å². The molecule has 0 aliphatic carbocycles. The minimum absolute atomic E-state index is 0.118. The van der Waals surface area contributed by atoms with Crippen molar-refractivity contribution in [1.82, 2.24) is 9.97 Å². The van der Waals surface area contributed by atoms with Crippen molar-refractivity contribution in [2.24, 2.45) is 0 Å². The van der Waals surface area contributed by atoms with Crippen LogP contribution in [0, 0.1) is 0 Å². The van der Waals surface area contributed by atoms with Gasteiger partial charge in [-0.3, -0.25) is 4.79 Å². The summed E-state index contributed by atoms with van der Waals surface area (Å²) in [6.07, 6.45) is 4.73. The van der Waals surface area contributed by atoms with E-state index in [2.05, 4.69) is 37.1 Å². The number of nitrogens with one attached hydrogen (secondary N) is 1. The standard InChI is InChI=1S/C9H12BrN3OS/c1-15-6-2-3-13(4-6)8-7(10)9(14)12-5-11-8/h5-6H,2-4H2,1H3,(H,11,12,14). The molecule has 2 heterocycles. The first-order chi connectivity index (χ1) is 7.22. The summed E-state index contributed by atoms with van der Waals surface area (Å²) in [4.78, 5) is 20.3. The van der Waals surface area contributed by atoms with Crippen molar-refractivity contribution in [2.75, 3.05) is 24.2 Å². The average Bonchev–Trinajstić information content (AvgIpc) is 2.70. The molecule has 1 unspecified atom stereocenters. The molecule has 0 radical (unpaired) electrons. The van der Waals surface area contributed by atoms with Gasteiger partial charge in [-0.2, -0.15) is 11.8 Å². The third-order valence-electron chi connectivity index (χ3n) is 2.56.